The SMILES string of the molecule is O=[N+]([O-])c1ccc(Cl)cc1Oc1c(Cl)cccc1Cl. The second-order valence-corrected chi connectivity index (χ2v) is 4.77. The summed E-state index contributed by atoms with van der Waals surface area (Å²) in [6.07, 6.45) is 0. The van der Waals surface area contributed by atoms with E-state index < -0.39 is 4.92 Å². The van der Waals surface area contributed by atoms with Crippen LogP contribution in [0.1, 0.15) is 0 Å². The van der Waals surface area contributed by atoms with E-state index in [4.69, 9.17) is 39.5 Å². The molecule has 0 aliphatic heterocycles. The predicted molar refractivity (Wildman–Crippen MR) is 74.6 cm³/mol. The Balaban J connectivity index is 2.49. The summed E-state index contributed by atoms with van der Waals surface area (Å²) in [5.41, 5.74) is -0.222. The van der Waals surface area contributed by atoms with Gasteiger partial charge in [-0.3, -0.25) is 10.1 Å². The molecule has 0 atom stereocenters. The molecule has 0 heterocycles. The first kappa shape index (κ1) is 13.9. The molecule has 0 N–H and O–H groups in total. The number of rotatable bonds is 3. The van der Waals surface area contributed by atoms with Crippen molar-refractivity contribution in [2.45, 2.75) is 0 Å². The summed E-state index contributed by atoms with van der Waals surface area (Å²) in [5.74, 6) is 0.128. The van der Waals surface area contributed by atoms with E-state index in [1.807, 2.05) is 0 Å². The number of ether oxygens (including phenoxy) is 1. The maximum Gasteiger partial charge on any atom is 0.311 e. The Kier molecular flexibility index (Phi) is 4.14. The average Bonchev–Trinajstić information content (AvgIpc) is 2.33. The predicted octanol–water partition coefficient (Wildman–Crippen LogP) is 5.35. The molecule has 0 saturated carbocycles. The van der Waals surface area contributed by atoms with Crippen molar-refractivity contribution in [2.75, 3.05) is 0 Å². The van der Waals surface area contributed by atoms with E-state index in [1.54, 1.807) is 18.2 Å². The molecule has 0 unspecified atom stereocenters. The topological polar surface area (TPSA) is 52.4 Å². The second-order valence-electron chi connectivity index (χ2n) is 3.52. The summed E-state index contributed by atoms with van der Waals surface area (Å²) in [6.45, 7) is 0. The normalized spacial score (nSPS) is 10.3. The molecule has 0 fully saturated rings. The molecule has 0 bridgehead atoms. The van der Waals surface area contributed by atoms with Crippen molar-refractivity contribution in [1.82, 2.24) is 0 Å². The van der Waals surface area contributed by atoms with Crippen molar-refractivity contribution in [3.63, 3.8) is 0 Å². The summed E-state index contributed by atoms with van der Waals surface area (Å²) >= 11 is 17.7. The quantitative estimate of drug-likeness (QED) is 0.566. The zero-order chi connectivity index (χ0) is 14.0. The fraction of sp³-hybridized carbons (Fsp3) is 0. The van der Waals surface area contributed by atoms with Gasteiger partial charge in [-0.2, -0.15) is 0 Å². The number of nitro groups is 1. The van der Waals surface area contributed by atoms with Crippen molar-refractivity contribution >= 4 is 40.5 Å². The number of nitro benzene ring substituents is 1. The van der Waals surface area contributed by atoms with Crippen LogP contribution in [0.15, 0.2) is 36.4 Å². The van der Waals surface area contributed by atoms with Crippen LogP contribution in [-0.2, 0) is 0 Å². The maximum atomic E-state index is 10.9. The smallest absolute Gasteiger partial charge is 0.311 e. The highest BCUT2D eigenvalue weighted by atomic mass is 35.5. The molecular weight excluding hydrogens is 312 g/mol. The Hall–Kier alpha value is -1.49. The van der Waals surface area contributed by atoms with Gasteiger partial charge in [-0.15, -0.1) is 0 Å². The van der Waals surface area contributed by atoms with Crippen molar-refractivity contribution in [3.8, 4) is 11.5 Å². The van der Waals surface area contributed by atoms with Crippen LogP contribution in [0, 0.1) is 10.1 Å². The van der Waals surface area contributed by atoms with Crippen molar-refractivity contribution < 1.29 is 9.66 Å². The first-order valence-electron chi connectivity index (χ1n) is 5.05. The van der Waals surface area contributed by atoms with Crippen LogP contribution < -0.4 is 4.74 Å². The molecule has 0 aromatic heterocycles. The summed E-state index contributed by atoms with van der Waals surface area (Å²) in [4.78, 5) is 10.3. The van der Waals surface area contributed by atoms with E-state index in [0.717, 1.165) is 0 Å². The molecular formula is C12H6Cl3NO3. The van der Waals surface area contributed by atoms with Gasteiger partial charge in [0.05, 0.1) is 15.0 Å². The molecule has 0 amide bonds. The fourth-order valence-electron chi connectivity index (χ4n) is 1.41. The molecule has 2 rings (SSSR count). The lowest BCUT2D eigenvalue weighted by molar-refractivity contribution is -0.385. The first-order valence-corrected chi connectivity index (χ1v) is 6.18. The molecule has 0 spiro atoms. The summed E-state index contributed by atoms with van der Waals surface area (Å²) in [5, 5.41) is 11.7. The number of hydrogen-bond acceptors (Lipinski definition) is 3. The standard InChI is InChI=1S/C12H6Cl3NO3/c13-7-4-5-10(16(17)18)11(6-7)19-12-8(14)2-1-3-9(12)15/h1-6H. The molecule has 0 radical (unpaired) electrons. The van der Waals surface area contributed by atoms with Crippen LogP contribution in [0.3, 0.4) is 0 Å². The van der Waals surface area contributed by atoms with Gasteiger partial charge in [-0.05, 0) is 18.2 Å². The van der Waals surface area contributed by atoms with Crippen LogP contribution in [0.4, 0.5) is 5.69 Å². The molecule has 2 aromatic carbocycles. The van der Waals surface area contributed by atoms with E-state index in [0.29, 0.717) is 5.02 Å². The van der Waals surface area contributed by atoms with E-state index in [2.05, 4.69) is 0 Å². The van der Waals surface area contributed by atoms with Crippen LogP contribution in [0.5, 0.6) is 11.5 Å². The Morgan fingerprint density at radius 1 is 1.05 bits per heavy atom. The zero-order valence-electron chi connectivity index (χ0n) is 9.27. The Bertz CT molecular complexity index is 626. The van der Waals surface area contributed by atoms with Crippen LogP contribution in [0.25, 0.3) is 0 Å². The van der Waals surface area contributed by atoms with Gasteiger partial charge in [0.15, 0.2) is 5.75 Å². The minimum Gasteiger partial charge on any atom is -0.447 e. The third-order valence-electron chi connectivity index (χ3n) is 2.25. The maximum absolute atomic E-state index is 10.9. The minimum atomic E-state index is -0.573. The molecule has 0 saturated heterocycles. The lowest BCUT2D eigenvalue weighted by Gasteiger charge is -2.09. The van der Waals surface area contributed by atoms with Gasteiger partial charge >= 0.3 is 5.69 Å². The monoisotopic (exact) mass is 317 g/mol. The number of benzene rings is 2. The van der Waals surface area contributed by atoms with Crippen molar-refractivity contribution in [3.05, 3.63) is 61.6 Å². The Labute approximate surface area is 123 Å². The third kappa shape index (κ3) is 3.10. The van der Waals surface area contributed by atoms with Gasteiger partial charge in [-0.25, -0.2) is 0 Å². The summed E-state index contributed by atoms with van der Waals surface area (Å²) in [7, 11) is 0. The van der Waals surface area contributed by atoms with Gasteiger partial charge in [0.2, 0.25) is 5.75 Å². The Morgan fingerprint density at radius 3 is 2.26 bits per heavy atom. The fourth-order valence-corrected chi connectivity index (χ4v) is 2.05. The van der Waals surface area contributed by atoms with E-state index in [1.165, 1.54) is 18.2 Å². The van der Waals surface area contributed by atoms with E-state index in [9.17, 15) is 10.1 Å². The number of halogens is 3. The zero-order valence-corrected chi connectivity index (χ0v) is 11.5. The number of para-hydroxylation sites is 1. The largest absolute Gasteiger partial charge is 0.447 e. The highest BCUT2D eigenvalue weighted by molar-refractivity contribution is 6.37. The molecule has 4 nitrogen and oxygen atoms in total. The summed E-state index contributed by atoms with van der Waals surface area (Å²) in [6, 6.07) is 8.77. The van der Waals surface area contributed by atoms with Crippen molar-refractivity contribution in [2.24, 2.45) is 0 Å². The van der Waals surface area contributed by atoms with Gasteiger partial charge < -0.3 is 4.74 Å². The third-order valence-corrected chi connectivity index (χ3v) is 3.08. The minimum absolute atomic E-state index is 0.0208. The number of nitrogens with zero attached hydrogens (tertiary/aromatic N) is 1. The van der Waals surface area contributed by atoms with Gasteiger partial charge in [-0.1, -0.05) is 40.9 Å². The van der Waals surface area contributed by atoms with E-state index >= 15 is 0 Å². The molecule has 0 aliphatic rings. The highest BCUT2D eigenvalue weighted by Crippen LogP contribution is 2.40. The van der Waals surface area contributed by atoms with Gasteiger partial charge in [0.1, 0.15) is 0 Å². The van der Waals surface area contributed by atoms with Crippen LogP contribution >= 0.6 is 34.8 Å². The molecule has 98 valence electrons. The number of hydrogen-bond donors (Lipinski definition) is 0. The first-order chi connectivity index (χ1) is 8.99. The molecule has 0 aliphatic carbocycles. The Morgan fingerprint density at radius 2 is 1.68 bits per heavy atom. The molecule has 2 aromatic rings. The highest BCUT2D eigenvalue weighted by Gasteiger charge is 2.18. The van der Waals surface area contributed by atoms with Gasteiger partial charge in [0, 0.05) is 17.2 Å². The van der Waals surface area contributed by atoms with Gasteiger partial charge in [0.25, 0.3) is 0 Å². The summed E-state index contributed by atoms with van der Waals surface area (Å²) < 4.78 is 5.42. The lowest BCUT2D eigenvalue weighted by atomic mass is 10.3. The lowest BCUT2D eigenvalue weighted by Crippen LogP contribution is -1.94. The molecule has 7 heteroatoms. The van der Waals surface area contributed by atoms with Crippen molar-refractivity contribution in [1.29, 1.82) is 0 Å². The second kappa shape index (κ2) is 5.65. The van der Waals surface area contributed by atoms with E-state index in [-0.39, 0.29) is 27.2 Å². The molecule has 19 heavy (non-hydrogen) atoms. The van der Waals surface area contributed by atoms with Crippen LogP contribution in [-0.4, -0.2) is 4.92 Å². The van der Waals surface area contributed by atoms with Crippen LogP contribution in [0.2, 0.25) is 15.1 Å². The average molecular weight is 319 g/mol.